The normalized spacial score (nSPS) is 9.69. The third-order valence-electron chi connectivity index (χ3n) is 2.04. The number of rotatable bonds is 3. The topological polar surface area (TPSA) is 34.1 Å². The molecule has 0 bridgehead atoms. The van der Waals surface area contributed by atoms with Crippen LogP contribution < -0.4 is 0 Å². The zero-order valence-electron chi connectivity index (χ0n) is 7.83. The number of hydrogen-bond acceptors (Lipinski definition) is 2. The summed E-state index contributed by atoms with van der Waals surface area (Å²) in [5.41, 5.74) is 2.19. The maximum absolute atomic E-state index is 11.3. The van der Waals surface area contributed by atoms with Gasteiger partial charge < -0.3 is 0 Å². The fourth-order valence-corrected chi connectivity index (χ4v) is 1.19. The highest BCUT2D eigenvalue weighted by Gasteiger charge is 2.04. The number of Topliss-reactive ketones (excluding diaryl/α,β-unsaturated/α-hetero) is 1. The molecule has 0 aliphatic rings. The predicted molar refractivity (Wildman–Crippen MR) is 51.2 cm³/mol. The van der Waals surface area contributed by atoms with Crippen molar-refractivity contribution in [3.8, 4) is 0 Å². The molecule has 0 atom stereocenters. The van der Waals surface area contributed by atoms with Crippen LogP contribution in [0.2, 0.25) is 0 Å². The van der Waals surface area contributed by atoms with Crippen molar-refractivity contribution in [2.75, 3.05) is 0 Å². The standard InChI is InChI=1S/C11H12O2/c1-3-11(13)9-4-5-10(7-12)8(2)6-9/h4-7H,3H2,1-2H3. The lowest BCUT2D eigenvalue weighted by Gasteiger charge is -2.01. The molecule has 0 fully saturated rings. The van der Waals surface area contributed by atoms with Gasteiger partial charge in [-0.3, -0.25) is 9.59 Å². The minimum atomic E-state index is 0.112. The highest BCUT2D eigenvalue weighted by Crippen LogP contribution is 2.10. The van der Waals surface area contributed by atoms with Gasteiger partial charge >= 0.3 is 0 Å². The van der Waals surface area contributed by atoms with Gasteiger partial charge in [0.05, 0.1) is 0 Å². The summed E-state index contributed by atoms with van der Waals surface area (Å²) < 4.78 is 0. The number of benzene rings is 1. The molecule has 0 radical (unpaired) electrons. The first-order valence-corrected chi connectivity index (χ1v) is 4.28. The van der Waals surface area contributed by atoms with Crippen molar-refractivity contribution < 1.29 is 9.59 Å². The third-order valence-corrected chi connectivity index (χ3v) is 2.04. The quantitative estimate of drug-likeness (QED) is 0.523. The first kappa shape index (κ1) is 9.65. The van der Waals surface area contributed by atoms with E-state index in [-0.39, 0.29) is 5.78 Å². The van der Waals surface area contributed by atoms with E-state index in [1.165, 1.54) is 0 Å². The summed E-state index contributed by atoms with van der Waals surface area (Å²) in [7, 11) is 0. The number of aryl methyl sites for hydroxylation is 1. The summed E-state index contributed by atoms with van der Waals surface area (Å²) in [6.07, 6.45) is 1.30. The average molecular weight is 176 g/mol. The molecule has 0 heterocycles. The van der Waals surface area contributed by atoms with Gasteiger partial charge in [0.15, 0.2) is 5.78 Å². The van der Waals surface area contributed by atoms with E-state index >= 15 is 0 Å². The van der Waals surface area contributed by atoms with E-state index < -0.39 is 0 Å². The maximum atomic E-state index is 11.3. The second-order valence-electron chi connectivity index (χ2n) is 2.97. The number of aldehydes is 1. The molecule has 0 N–H and O–H groups in total. The van der Waals surface area contributed by atoms with Crippen molar-refractivity contribution in [3.05, 3.63) is 34.9 Å². The van der Waals surface area contributed by atoms with Crippen molar-refractivity contribution in [3.63, 3.8) is 0 Å². The smallest absolute Gasteiger partial charge is 0.162 e. The lowest BCUT2D eigenvalue weighted by atomic mass is 10.0. The molecule has 68 valence electrons. The Morgan fingerprint density at radius 2 is 2.15 bits per heavy atom. The zero-order valence-corrected chi connectivity index (χ0v) is 7.83. The predicted octanol–water partition coefficient (Wildman–Crippen LogP) is 2.40. The van der Waals surface area contributed by atoms with E-state index in [9.17, 15) is 9.59 Å². The minimum absolute atomic E-state index is 0.112. The van der Waals surface area contributed by atoms with Crippen molar-refractivity contribution in [1.82, 2.24) is 0 Å². The largest absolute Gasteiger partial charge is 0.298 e. The fourth-order valence-electron chi connectivity index (χ4n) is 1.19. The Bertz CT molecular complexity index is 340. The van der Waals surface area contributed by atoms with Crippen LogP contribution in [-0.4, -0.2) is 12.1 Å². The molecule has 2 heteroatoms. The number of carbonyl (C=O) groups excluding carboxylic acids is 2. The Labute approximate surface area is 77.6 Å². The van der Waals surface area contributed by atoms with Crippen LogP contribution >= 0.6 is 0 Å². The highest BCUT2D eigenvalue weighted by molar-refractivity contribution is 5.96. The van der Waals surface area contributed by atoms with E-state index in [0.717, 1.165) is 11.8 Å². The van der Waals surface area contributed by atoms with Gasteiger partial charge in [-0.15, -0.1) is 0 Å². The van der Waals surface area contributed by atoms with Crippen molar-refractivity contribution in [2.45, 2.75) is 20.3 Å². The highest BCUT2D eigenvalue weighted by atomic mass is 16.1. The van der Waals surface area contributed by atoms with E-state index in [2.05, 4.69) is 0 Å². The molecule has 1 aromatic carbocycles. The van der Waals surface area contributed by atoms with Crippen LogP contribution in [0.15, 0.2) is 18.2 Å². The molecule has 0 amide bonds. The van der Waals surface area contributed by atoms with Crippen LogP contribution in [0, 0.1) is 6.92 Å². The van der Waals surface area contributed by atoms with Crippen LogP contribution in [0.25, 0.3) is 0 Å². The van der Waals surface area contributed by atoms with Crippen LogP contribution in [0.5, 0.6) is 0 Å². The first-order valence-electron chi connectivity index (χ1n) is 4.28. The van der Waals surface area contributed by atoms with Gasteiger partial charge in [-0.2, -0.15) is 0 Å². The molecule has 13 heavy (non-hydrogen) atoms. The molecule has 0 saturated carbocycles. The van der Waals surface area contributed by atoms with Gasteiger partial charge in [-0.25, -0.2) is 0 Å². The van der Waals surface area contributed by atoms with Gasteiger partial charge in [0.2, 0.25) is 0 Å². The summed E-state index contributed by atoms with van der Waals surface area (Å²) in [5.74, 6) is 0.112. The van der Waals surface area contributed by atoms with Gasteiger partial charge in [-0.1, -0.05) is 19.1 Å². The van der Waals surface area contributed by atoms with Gasteiger partial charge in [-0.05, 0) is 18.6 Å². The molecule has 0 aliphatic heterocycles. The minimum Gasteiger partial charge on any atom is -0.298 e. The monoisotopic (exact) mass is 176 g/mol. The Morgan fingerprint density at radius 1 is 1.46 bits per heavy atom. The Hall–Kier alpha value is -1.44. The Kier molecular flexibility index (Phi) is 2.96. The van der Waals surface area contributed by atoms with Crippen LogP contribution in [0.4, 0.5) is 0 Å². The number of hydrogen-bond donors (Lipinski definition) is 0. The molecular formula is C11H12O2. The Balaban J connectivity index is 3.09. The number of ketones is 1. The molecule has 1 rings (SSSR count). The fraction of sp³-hybridized carbons (Fsp3) is 0.273. The molecule has 0 saturated heterocycles. The second-order valence-corrected chi connectivity index (χ2v) is 2.97. The summed E-state index contributed by atoms with van der Waals surface area (Å²) in [6, 6.07) is 5.14. The lowest BCUT2D eigenvalue weighted by Crippen LogP contribution is -1.98. The number of carbonyl (C=O) groups is 2. The summed E-state index contributed by atoms with van der Waals surface area (Å²) in [4.78, 5) is 21.8. The zero-order chi connectivity index (χ0) is 9.84. The molecule has 0 spiro atoms. The van der Waals surface area contributed by atoms with Crippen LogP contribution in [0.3, 0.4) is 0 Å². The Morgan fingerprint density at radius 3 is 2.62 bits per heavy atom. The van der Waals surface area contributed by atoms with Crippen molar-refractivity contribution in [2.24, 2.45) is 0 Å². The molecule has 1 aromatic rings. The third kappa shape index (κ3) is 2.02. The van der Waals surface area contributed by atoms with Gasteiger partial charge in [0.1, 0.15) is 6.29 Å². The van der Waals surface area contributed by atoms with Gasteiger partial charge in [0, 0.05) is 17.5 Å². The van der Waals surface area contributed by atoms with E-state index in [4.69, 9.17) is 0 Å². The molecule has 2 nitrogen and oxygen atoms in total. The summed E-state index contributed by atoms with van der Waals surface area (Å²) >= 11 is 0. The second kappa shape index (κ2) is 3.99. The molecule has 0 aliphatic carbocycles. The average Bonchev–Trinajstić information content (AvgIpc) is 2.16. The van der Waals surface area contributed by atoms with E-state index in [1.807, 2.05) is 13.8 Å². The SMILES string of the molecule is CCC(=O)c1ccc(C=O)c(C)c1. The first-order chi connectivity index (χ1) is 6.19. The summed E-state index contributed by atoms with van der Waals surface area (Å²) in [6.45, 7) is 3.65. The van der Waals surface area contributed by atoms with Crippen LogP contribution in [-0.2, 0) is 0 Å². The lowest BCUT2D eigenvalue weighted by molar-refractivity contribution is 0.0987. The van der Waals surface area contributed by atoms with Crippen molar-refractivity contribution in [1.29, 1.82) is 0 Å². The summed E-state index contributed by atoms with van der Waals surface area (Å²) in [5, 5.41) is 0. The van der Waals surface area contributed by atoms with E-state index in [0.29, 0.717) is 17.5 Å². The maximum Gasteiger partial charge on any atom is 0.162 e. The van der Waals surface area contributed by atoms with E-state index in [1.54, 1.807) is 18.2 Å². The molecule has 0 unspecified atom stereocenters. The molecular weight excluding hydrogens is 164 g/mol. The van der Waals surface area contributed by atoms with Crippen molar-refractivity contribution >= 4 is 12.1 Å². The van der Waals surface area contributed by atoms with Gasteiger partial charge in [0.25, 0.3) is 0 Å². The van der Waals surface area contributed by atoms with Crippen LogP contribution in [0.1, 0.15) is 39.6 Å². The molecule has 0 aromatic heterocycles.